The van der Waals surface area contributed by atoms with E-state index in [0.717, 1.165) is 32.8 Å². The van der Waals surface area contributed by atoms with E-state index in [9.17, 15) is 4.39 Å². The fourth-order valence-electron chi connectivity index (χ4n) is 2.52. The summed E-state index contributed by atoms with van der Waals surface area (Å²) >= 11 is 3.16. The number of rotatable bonds is 5. The van der Waals surface area contributed by atoms with E-state index in [1.807, 2.05) is 47.3 Å². The van der Waals surface area contributed by atoms with Crippen LogP contribution in [0.1, 0.15) is 5.69 Å². The Hall–Kier alpha value is -2.51. The van der Waals surface area contributed by atoms with Crippen molar-refractivity contribution in [3.8, 4) is 22.0 Å². The molecule has 0 bridgehead atoms. The van der Waals surface area contributed by atoms with E-state index in [1.54, 1.807) is 35.2 Å². The van der Waals surface area contributed by atoms with Crippen LogP contribution in [0.25, 0.3) is 22.0 Å². The van der Waals surface area contributed by atoms with Gasteiger partial charge in [0.2, 0.25) is 0 Å². The van der Waals surface area contributed by atoms with Crippen LogP contribution in [0.5, 0.6) is 0 Å². The molecule has 26 heavy (non-hydrogen) atoms. The van der Waals surface area contributed by atoms with Crippen molar-refractivity contribution < 1.29 is 4.39 Å². The van der Waals surface area contributed by atoms with Gasteiger partial charge in [-0.05, 0) is 24.3 Å². The van der Waals surface area contributed by atoms with Crippen LogP contribution in [0.15, 0.2) is 65.1 Å². The Morgan fingerprint density at radius 2 is 1.77 bits per heavy atom. The SMILES string of the molecule is Cn1c(SCc2csc(-c3ccc(F)cc3)n2)nnc1-c1ccccc1. The zero-order valence-electron chi connectivity index (χ0n) is 14.0. The van der Waals surface area contributed by atoms with Gasteiger partial charge in [-0.25, -0.2) is 9.37 Å². The number of aromatic nitrogens is 4. The molecule has 0 atom stereocenters. The first-order valence-electron chi connectivity index (χ1n) is 7.98. The number of hydrogen-bond donors (Lipinski definition) is 0. The second-order valence-corrected chi connectivity index (χ2v) is 7.47. The summed E-state index contributed by atoms with van der Waals surface area (Å²) in [4.78, 5) is 4.64. The summed E-state index contributed by atoms with van der Waals surface area (Å²) in [6, 6.07) is 16.4. The molecule has 4 aromatic rings. The van der Waals surface area contributed by atoms with Crippen LogP contribution in [0.4, 0.5) is 4.39 Å². The maximum Gasteiger partial charge on any atom is 0.191 e. The maximum atomic E-state index is 13.0. The first-order chi connectivity index (χ1) is 12.7. The minimum atomic E-state index is -0.238. The zero-order valence-corrected chi connectivity index (χ0v) is 15.6. The number of nitrogens with zero attached hydrogens (tertiary/aromatic N) is 4. The van der Waals surface area contributed by atoms with Gasteiger partial charge in [0.1, 0.15) is 10.8 Å². The molecule has 0 amide bonds. The fraction of sp³-hybridized carbons (Fsp3) is 0.105. The first kappa shape index (κ1) is 16.9. The van der Waals surface area contributed by atoms with Crippen LogP contribution in [-0.2, 0) is 12.8 Å². The molecule has 130 valence electrons. The predicted molar refractivity (Wildman–Crippen MR) is 104 cm³/mol. The number of benzene rings is 2. The highest BCUT2D eigenvalue weighted by Gasteiger charge is 2.12. The fourth-order valence-corrected chi connectivity index (χ4v) is 4.25. The van der Waals surface area contributed by atoms with Crippen LogP contribution in [0.3, 0.4) is 0 Å². The largest absolute Gasteiger partial charge is 0.305 e. The predicted octanol–water partition coefficient (Wildman–Crippen LogP) is 5.04. The molecule has 0 aliphatic rings. The molecule has 0 fully saturated rings. The standard InChI is InChI=1S/C19H15FN4S2/c1-24-17(13-5-3-2-4-6-13)22-23-19(24)26-12-16-11-25-18(21-16)14-7-9-15(20)10-8-14/h2-11H,12H2,1H3. The molecule has 7 heteroatoms. The van der Waals surface area contributed by atoms with Crippen molar-refractivity contribution in [2.24, 2.45) is 7.05 Å². The topological polar surface area (TPSA) is 43.6 Å². The second kappa shape index (κ2) is 7.39. The number of thiazole rings is 1. The minimum absolute atomic E-state index is 0.238. The molecule has 2 heterocycles. The lowest BCUT2D eigenvalue weighted by Crippen LogP contribution is -1.95. The second-order valence-electron chi connectivity index (χ2n) is 5.67. The first-order valence-corrected chi connectivity index (χ1v) is 9.85. The van der Waals surface area contributed by atoms with E-state index < -0.39 is 0 Å². The van der Waals surface area contributed by atoms with Crippen LogP contribution in [-0.4, -0.2) is 19.7 Å². The van der Waals surface area contributed by atoms with Crippen LogP contribution in [0, 0.1) is 5.82 Å². The molecule has 0 spiro atoms. The van der Waals surface area contributed by atoms with Crippen molar-refractivity contribution in [2.75, 3.05) is 0 Å². The molecule has 4 rings (SSSR count). The van der Waals surface area contributed by atoms with E-state index >= 15 is 0 Å². The van der Waals surface area contributed by atoms with E-state index in [-0.39, 0.29) is 5.82 Å². The average molecular weight is 382 g/mol. The van der Waals surface area contributed by atoms with E-state index in [1.165, 1.54) is 12.1 Å². The smallest absolute Gasteiger partial charge is 0.191 e. The minimum Gasteiger partial charge on any atom is -0.305 e. The monoisotopic (exact) mass is 382 g/mol. The number of halogens is 1. The van der Waals surface area contributed by atoms with Crippen LogP contribution in [0.2, 0.25) is 0 Å². The average Bonchev–Trinajstić information content (AvgIpc) is 3.28. The van der Waals surface area contributed by atoms with E-state index in [0.29, 0.717) is 5.75 Å². The lowest BCUT2D eigenvalue weighted by molar-refractivity contribution is 0.628. The third-order valence-corrected chi connectivity index (χ3v) is 5.85. The molecule has 0 aliphatic carbocycles. The summed E-state index contributed by atoms with van der Waals surface area (Å²) in [5.41, 5.74) is 2.95. The van der Waals surface area contributed by atoms with Gasteiger partial charge < -0.3 is 4.57 Å². The molecule has 2 aromatic heterocycles. The lowest BCUT2D eigenvalue weighted by atomic mass is 10.2. The van der Waals surface area contributed by atoms with Crippen LogP contribution < -0.4 is 0 Å². The van der Waals surface area contributed by atoms with Gasteiger partial charge in [0.25, 0.3) is 0 Å². The molecule has 4 nitrogen and oxygen atoms in total. The van der Waals surface area contributed by atoms with Crippen molar-refractivity contribution in [2.45, 2.75) is 10.9 Å². The zero-order chi connectivity index (χ0) is 17.9. The van der Waals surface area contributed by atoms with Gasteiger partial charge in [-0.15, -0.1) is 21.5 Å². The van der Waals surface area contributed by atoms with E-state index in [4.69, 9.17) is 0 Å². The Morgan fingerprint density at radius 1 is 1.00 bits per heavy atom. The van der Waals surface area contributed by atoms with Crippen molar-refractivity contribution in [1.29, 1.82) is 0 Å². The quantitative estimate of drug-likeness (QED) is 0.454. The summed E-state index contributed by atoms with van der Waals surface area (Å²) < 4.78 is 15.0. The van der Waals surface area contributed by atoms with E-state index in [2.05, 4.69) is 15.2 Å². The summed E-state index contributed by atoms with van der Waals surface area (Å²) in [6.07, 6.45) is 0. The Labute approximate surface area is 158 Å². The lowest BCUT2D eigenvalue weighted by Gasteiger charge is -2.03. The molecule has 0 aliphatic heterocycles. The van der Waals surface area contributed by atoms with Crippen molar-refractivity contribution >= 4 is 23.1 Å². The molecule has 0 unspecified atom stereocenters. The van der Waals surface area contributed by atoms with Gasteiger partial charge in [0, 0.05) is 29.3 Å². The van der Waals surface area contributed by atoms with Crippen LogP contribution >= 0.6 is 23.1 Å². The normalized spacial score (nSPS) is 11.0. The van der Waals surface area contributed by atoms with Crippen molar-refractivity contribution in [3.05, 3.63) is 71.5 Å². The molecule has 0 N–H and O–H groups in total. The summed E-state index contributed by atoms with van der Waals surface area (Å²) in [7, 11) is 1.97. The third-order valence-electron chi connectivity index (χ3n) is 3.86. The van der Waals surface area contributed by atoms with Gasteiger partial charge in [0.05, 0.1) is 5.69 Å². The molecule has 0 saturated carbocycles. The van der Waals surface area contributed by atoms with Gasteiger partial charge in [-0.1, -0.05) is 42.1 Å². The third kappa shape index (κ3) is 3.54. The summed E-state index contributed by atoms with van der Waals surface area (Å²) in [5.74, 6) is 1.31. The molecule has 0 radical (unpaired) electrons. The Bertz CT molecular complexity index is 1010. The molecular formula is C19H15FN4S2. The molecule has 2 aromatic carbocycles. The van der Waals surface area contributed by atoms with Crippen molar-refractivity contribution in [1.82, 2.24) is 19.7 Å². The summed E-state index contributed by atoms with van der Waals surface area (Å²) in [5, 5.41) is 12.4. The van der Waals surface area contributed by atoms with Crippen molar-refractivity contribution in [3.63, 3.8) is 0 Å². The van der Waals surface area contributed by atoms with Gasteiger partial charge >= 0.3 is 0 Å². The van der Waals surface area contributed by atoms with Gasteiger partial charge in [-0.2, -0.15) is 0 Å². The highest BCUT2D eigenvalue weighted by atomic mass is 32.2. The highest BCUT2D eigenvalue weighted by molar-refractivity contribution is 7.98. The van der Waals surface area contributed by atoms with Gasteiger partial charge in [-0.3, -0.25) is 0 Å². The number of hydrogen-bond acceptors (Lipinski definition) is 5. The maximum absolute atomic E-state index is 13.0. The Balaban J connectivity index is 1.47. The van der Waals surface area contributed by atoms with Gasteiger partial charge in [0.15, 0.2) is 11.0 Å². The molecular weight excluding hydrogens is 367 g/mol. The summed E-state index contributed by atoms with van der Waals surface area (Å²) in [6.45, 7) is 0. The highest BCUT2D eigenvalue weighted by Crippen LogP contribution is 2.28. The molecule has 0 saturated heterocycles. The Kier molecular flexibility index (Phi) is 4.81. The number of thioether (sulfide) groups is 1. The Morgan fingerprint density at radius 3 is 2.54 bits per heavy atom.